The molecular formula is C15H24FN7. The molecule has 1 aromatic carbocycles. The second kappa shape index (κ2) is 6.31. The summed E-state index contributed by atoms with van der Waals surface area (Å²) in [5, 5.41) is 3.34. The van der Waals surface area contributed by atoms with Gasteiger partial charge in [-0.1, -0.05) is 6.07 Å². The van der Waals surface area contributed by atoms with Gasteiger partial charge >= 0.3 is 0 Å². The molecule has 1 atom stereocenters. The zero-order chi connectivity index (χ0) is 16.4. The van der Waals surface area contributed by atoms with Crippen molar-refractivity contribution in [3.63, 3.8) is 0 Å². The maximum atomic E-state index is 14.5. The minimum atomic E-state index is -1.24. The van der Waals surface area contributed by atoms with E-state index in [1.54, 1.807) is 12.1 Å². The molecule has 2 heterocycles. The molecule has 2 aliphatic heterocycles. The van der Waals surface area contributed by atoms with Crippen molar-refractivity contribution in [2.75, 3.05) is 31.6 Å². The predicted molar refractivity (Wildman–Crippen MR) is 89.0 cm³/mol. The summed E-state index contributed by atoms with van der Waals surface area (Å²) in [7, 11) is 1.92. The Morgan fingerprint density at radius 2 is 2.13 bits per heavy atom. The molecule has 0 saturated carbocycles. The lowest BCUT2D eigenvalue weighted by atomic mass is 9.97. The Bertz CT molecular complexity index is 599. The second-order valence-electron chi connectivity index (χ2n) is 6.25. The van der Waals surface area contributed by atoms with Gasteiger partial charge in [0.1, 0.15) is 5.82 Å². The van der Waals surface area contributed by atoms with Crippen LogP contribution in [-0.4, -0.2) is 32.6 Å². The third kappa shape index (κ3) is 3.39. The highest BCUT2D eigenvalue weighted by atomic mass is 19.1. The summed E-state index contributed by atoms with van der Waals surface area (Å²) in [5.74, 6) is -0.783. The number of hydrogen-bond acceptors (Lipinski definition) is 7. The molecule has 8 heteroatoms. The molecule has 0 aromatic heterocycles. The number of benzene rings is 1. The lowest BCUT2D eigenvalue weighted by Crippen LogP contribution is -2.50. The summed E-state index contributed by atoms with van der Waals surface area (Å²) < 4.78 is 14.5. The number of piperidine rings is 1. The standard InChI is InChI=1S/C15H24FN7/c1-23(9-10-4-6-19-7-5-10)13-3-2-11(8-12(13)16)15(18)20-14(17)21-22-15/h2-3,8,10,19,22H,4-7,9,18H2,1H3,(H3,17,20,21). The highest BCUT2D eigenvalue weighted by Crippen LogP contribution is 2.26. The van der Waals surface area contributed by atoms with E-state index in [-0.39, 0.29) is 11.8 Å². The van der Waals surface area contributed by atoms with Gasteiger partial charge in [0.05, 0.1) is 5.69 Å². The zero-order valence-electron chi connectivity index (χ0n) is 13.3. The Hall–Kier alpha value is -1.90. The number of hydrogen-bond donors (Lipinski definition) is 5. The van der Waals surface area contributed by atoms with E-state index >= 15 is 0 Å². The fourth-order valence-electron chi connectivity index (χ4n) is 3.15. The van der Waals surface area contributed by atoms with Crippen LogP contribution in [0, 0.1) is 11.7 Å². The first-order valence-corrected chi connectivity index (χ1v) is 7.87. The van der Waals surface area contributed by atoms with Crippen LogP contribution in [0.2, 0.25) is 0 Å². The summed E-state index contributed by atoms with van der Waals surface area (Å²) >= 11 is 0. The Kier molecular flexibility index (Phi) is 4.38. The molecule has 0 spiro atoms. The third-order valence-corrected chi connectivity index (χ3v) is 4.47. The minimum absolute atomic E-state index is 0.181. The van der Waals surface area contributed by atoms with Crippen molar-refractivity contribution in [1.29, 1.82) is 0 Å². The topological polar surface area (TPSA) is 104 Å². The average molecular weight is 321 g/mol. The molecule has 1 aromatic rings. The van der Waals surface area contributed by atoms with Crippen molar-refractivity contribution < 1.29 is 4.39 Å². The number of halogens is 1. The molecule has 23 heavy (non-hydrogen) atoms. The Balaban J connectivity index is 1.74. The van der Waals surface area contributed by atoms with Crippen LogP contribution < -0.4 is 32.5 Å². The third-order valence-electron chi connectivity index (χ3n) is 4.47. The SMILES string of the molecule is CN(CC1CCNCC1)c1ccc(C2(N)N=C(N)NN2)cc1F. The normalized spacial score (nSPS) is 25.1. The monoisotopic (exact) mass is 321 g/mol. The fraction of sp³-hybridized carbons (Fsp3) is 0.533. The van der Waals surface area contributed by atoms with Gasteiger partial charge in [0.2, 0.25) is 11.7 Å². The van der Waals surface area contributed by atoms with Crippen LogP contribution in [0.25, 0.3) is 0 Å². The lowest BCUT2D eigenvalue weighted by molar-refractivity contribution is 0.372. The Labute approximate surface area is 135 Å². The lowest BCUT2D eigenvalue weighted by Gasteiger charge is -2.29. The summed E-state index contributed by atoms with van der Waals surface area (Å²) in [6.07, 6.45) is 2.25. The molecular weight excluding hydrogens is 297 g/mol. The van der Waals surface area contributed by atoms with Gasteiger partial charge in [0.25, 0.3) is 0 Å². The van der Waals surface area contributed by atoms with E-state index in [9.17, 15) is 4.39 Å². The summed E-state index contributed by atoms with van der Waals surface area (Å²) in [4.78, 5) is 6.03. The van der Waals surface area contributed by atoms with Gasteiger partial charge in [-0.25, -0.2) is 9.38 Å². The van der Waals surface area contributed by atoms with E-state index in [0.717, 1.165) is 32.5 Å². The van der Waals surface area contributed by atoms with E-state index in [0.29, 0.717) is 17.2 Å². The van der Waals surface area contributed by atoms with Crippen LogP contribution in [0.4, 0.5) is 10.1 Å². The first-order chi connectivity index (χ1) is 11.0. The number of rotatable bonds is 4. The molecule has 1 unspecified atom stereocenters. The number of guanidine groups is 1. The Morgan fingerprint density at radius 3 is 2.74 bits per heavy atom. The van der Waals surface area contributed by atoms with Crippen molar-refractivity contribution in [2.45, 2.75) is 18.6 Å². The highest BCUT2D eigenvalue weighted by molar-refractivity contribution is 5.79. The smallest absolute Gasteiger partial charge is 0.209 e. The van der Waals surface area contributed by atoms with E-state index in [4.69, 9.17) is 11.5 Å². The van der Waals surface area contributed by atoms with Crippen molar-refractivity contribution in [3.05, 3.63) is 29.6 Å². The van der Waals surface area contributed by atoms with Gasteiger partial charge in [-0.15, -0.1) is 0 Å². The maximum absolute atomic E-state index is 14.5. The first-order valence-electron chi connectivity index (χ1n) is 7.87. The molecule has 2 aliphatic rings. The predicted octanol–water partition coefficient (Wildman–Crippen LogP) is -0.247. The highest BCUT2D eigenvalue weighted by Gasteiger charge is 2.32. The first kappa shape index (κ1) is 16.0. The van der Waals surface area contributed by atoms with Crippen LogP contribution in [0.1, 0.15) is 18.4 Å². The van der Waals surface area contributed by atoms with Crippen LogP contribution in [0.15, 0.2) is 23.2 Å². The number of aliphatic imine (C=N–C) groups is 1. The molecule has 126 valence electrons. The summed E-state index contributed by atoms with van der Waals surface area (Å²) in [5.41, 5.74) is 18.1. The average Bonchev–Trinajstić information content (AvgIpc) is 2.88. The van der Waals surface area contributed by atoms with Crippen molar-refractivity contribution in [3.8, 4) is 0 Å². The number of hydrazine groups is 1. The number of nitrogens with two attached hydrogens (primary N) is 2. The maximum Gasteiger partial charge on any atom is 0.209 e. The molecule has 0 amide bonds. The number of nitrogens with zero attached hydrogens (tertiary/aromatic N) is 2. The van der Waals surface area contributed by atoms with E-state index in [1.165, 1.54) is 6.07 Å². The van der Waals surface area contributed by atoms with Gasteiger partial charge in [-0.05, 0) is 44.0 Å². The van der Waals surface area contributed by atoms with E-state index < -0.39 is 5.79 Å². The number of anilines is 1. The van der Waals surface area contributed by atoms with Gasteiger partial charge in [0, 0.05) is 19.2 Å². The quantitative estimate of drug-likeness (QED) is 0.524. The molecule has 7 N–H and O–H groups in total. The van der Waals surface area contributed by atoms with Crippen molar-refractivity contribution in [1.82, 2.24) is 16.2 Å². The molecule has 0 radical (unpaired) electrons. The van der Waals surface area contributed by atoms with Crippen LogP contribution in [0.3, 0.4) is 0 Å². The minimum Gasteiger partial charge on any atom is -0.372 e. The van der Waals surface area contributed by atoms with Crippen LogP contribution in [-0.2, 0) is 5.79 Å². The second-order valence-corrected chi connectivity index (χ2v) is 6.25. The van der Waals surface area contributed by atoms with Crippen LogP contribution >= 0.6 is 0 Å². The van der Waals surface area contributed by atoms with Gasteiger partial charge in [-0.3, -0.25) is 11.2 Å². The fourth-order valence-corrected chi connectivity index (χ4v) is 3.15. The molecule has 0 bridgehead atoms. The van der Waals surface area contributed by atoms with E-state index in [2.05, 4.69) is 21.2 Å². The van der Waals surface area contributed by atoms with Gasteiger partial charge in [0.15, 0.2) is 0 Å². The molecule has 3 rings (SSSR count). The molecule has 7 nitrogen and oxygen atoms in total. The van der Waals surface area contributed by atoms with Gasteiger partial charge < -0.3 is 16.0 Å². The van der Waals surface area contributed by atoms with E-state index in [1.807, 2.05) is 11.9 Å². The molecule has 1 saturated heterocycles. The van der Waals surface area contributed by atoms with Gasteiger partial charge in [-0.2, -0.15) is 5.43 Å². The summed E-state index contributed by atoms with van der Waals surface area (Å²) in [6, 6.07) is 4.92. The van der Waals surface area contributed by atoms with Crippen molar-refractivity contribution >= 4 is 11.6 Å². The number of nitrogens with one attached hydrogen (secondary N) is 3. The zero-order valence-corrected chi connectivity index (χ0v) is 13.3. The molecule has 0 aliphatic carbocycles. The molecule has 1 fully saturated rings. The van der Waals surface area contributed by atoms with Crippen molar-refractivity contribution in [2.24, 2.45) is 22.4 Å². The summed E-state index contributed by atoms with van der Waals surface area (Å²) in [6.45, 7) is 2.91. The largest absolute Gasteiger partial charge is 0.372 e. The Morgan fingerprint density at radius 1 is 1.39 bits per heavy atom. The van der Waals surface area contributed by atoms with Crippen LogP contribution in [0.5, 0.6) is 0 Å².